The molecule has 1 atom stereocenters. The molecule has 0 saturated carbocycles. The topological polar surface area (TPSA) is 85.0 Å². The number of carbonyl (C=O) groups excluding carboxylic acids is 1. The van der Waals surface area contributed by atoms with E-state index >= 15 is 0 Å². The Hall–Kier alpha value is -3.53. The number of thiazole rings is 1. The van der Waals surface area contributed by atoms with Crippen LogP contribution in [0.15, 0.2) is 42.3 Å². The SMILES string of the molecule is CCC1C(=O)N(C)c2cnc(-c3ccn(C)c3-c3nccs3)nc2N1c1ccn(C)n1. The van der Waals surface area contributed by atoms with Crippen molar-refractivity contribution in [3.05, 3.63) is 42.3 Å². The molecule has 5 rings (SSSR count). The number of hydrogen-bond acceptors (Lipinski definition) is 7. The Balaban J connectivity index is 1.70. The lowest BCUT2D eigenvalue weighted by Crippen LogP contribution is -2.50. The van der Waals surface area contributed by atoms with Gasteiger partial charge in [0.2, 0.25) is 5.91 Å². The van der Waals surface area contributed by atoms with E-state index in [0.29, 0.717) is 29.6 Å². The smallest absolute Gasteiger partial charge is 0.250 e. The van der Waals surface area contributed by atoms with E-state index in [4.69, 9.17) is 4.98 Å². The van der Waals surface area contributed by atoms with Crippen LogP contribution in [0.5, 0.6) is 0 Å². The predicted octanol–water partition coefficient (Wildman–Crippen LogP) is 3.23. The van der Waals surface area contributed by atoms with Gasteiger partial charge in [0, 0.05) is 56.7 Å². The van der Waals surface area contributed by atoms with Crippen molar-refractivity contribution in [1.82, 2.24) is 29.3 Å². The first-order valence-corrected chi connectivity index (χ1v) is 10.9. The number of hydrogen-bond donors (Lipinski definition) is 0. The second kappa shape index (κ2) is 7.31. The molecule has 0 aliphatic carbocycles. The molecule has 0 N–H and O–H groups in total. The molecule has 31 heavy (non-hydrogen) atoms. The highest BCUT2D eigenvalue weighted by Crippen LogP contribution is 2.41. The lowest BCUT2D eigenvalue weighted by Gasteiger charge is -2.39. The van der Waals surface area contributed by atoms with Crippen LogP contribution in [0.3, 0.4) is 0 Å². The van der Waals surface area contributed by atoms with E-state index in [1.807, 2.05) is 60.4 Å². The summed E-state index contributed by atoms with van der Waals surface area (Å²) < 4.78 is 3.75. The maximum absolute atomic E-state index is 13.1. The van der Waals surface area contributed by atoms with E-state index in [1.165, 1.54) is 0 Å². The highest BCUT2D eigenvalue weighted by Gasteiger charge is 2.39. The number of amides is 1. The third-order valence-corrected chi connectivity index (χ3v) is 6.33. The summed E-state index contributed by atoms with van der Waals surface area (Å²) in [7, 11) is 5.61. The van der Waals surface area contributed by atoms with Crippen molar-refractivity contribution in [2.24, 2.45) is 14.1 Å². The molecule has 0 spiro atoms. The summed E-state index contributed by atoms with van der Waals surface area (Å²) in [6, 6.07) is 3.51. The van der Waals surface area contributed by atoms with Gasteiger partial charge in [0.25, 0.3) is 0 Å². The molecule has 4 aromatic rings. The minimum absolute atomic E-state index is 0.000175. The van der Waals surface area contributed by atoms with Gasteiger partial charge in [-0.3, -0.25) is 14.4 Å². The van der Waals surface area contributed by atoms with Gasteiger partial charge in [-0.05, 0) is 12.5 Å². The molecule has 10 heteroatoms. The van der Waals surface area contributed by atoms with Gasteiger partial charge in [-0.15, -0.1) is 11.3 Å². The Bertz CT molecular complexity index is 1260. The Morgan fingerprint density at radius 1 is 1.13 bits per heavy atom. The monoisotopic (exact) mass is 434 g/mol. The van der Waals surface area contributed by atoms with Crippen molar-refractivity contribution in [3.8, 4) is 22.1 Å². The Labute approximate surface area is 183 Å². The average molecular weight is 435 g/mol. The molecule has 158 valence electrons. The number of nitrogens with zero attached hydrogens (tertiary/aromatic N) is 8. The molecule has 1 amide bonds. The molecule has 1 aliphatic rings. The van der Waals surface area contributed by atoms with Gasteiger partial charge in [0.1, 0.15) is 16.7 Å². The minimum Gasteiger partial charge on any atom is -0.348 e. The van der Waals surface area contributed by atoms with Crippen molar-refractivity contribution in [2.45, 2.75) is 19.4 Å². The van der Waals surface area contributed by atoms with Crippen LogP contribution in [-0.4, -0.2) is 48.3 Å². The van der Waals surface area contributed by atoms with Gasteiger partial charge in [0.15, 0.2) is 17.5 Å². The van der Waals surface area contributed by atoms with Crippen LogP contribution in [0, 0.1) is 0 Å². The second-order valence-corrected chi connectivity index (χ2v) is 8.36. The van der Waals surface area contributed by atoms with Gasteiger partial charge in [-0.2, -0.15) is 5.10 Å². The molecular formula is C21H22N8OS. The maximum atomic E-state index is 13.1. The first-order valence-electron chi connectivity index (χ1n) is 9.98. The lowest BCUT2D eigenvalue weighted by atomic mass is 10.1. The van der Waals surface area contributed by atoms with Crippen LogP contribution >= 0.6 is 11.3 Å². The van der Waals surface area contributed by atoms with E-state index in [1.54, 1.807) is 40.4 Å². The Morgan fingerprint density at radius 2 is 1.97 bits per heavy atom. The molecule has 5 heterocycles. The zero-order chi connectivity index (χ0) is 21.7. The number of anilines is 3. The first-order chi connectivity index (χ1) is 15.0. The third-order valence-electron chi connectivity index (χ3n) is 5.55. The fourth-order valence-corrected chi connectivity index (χ4v) is 4.72. The third kappa shape index (κ3) is 3.02. The van der Waals surface area contributed by atoms with Crippen molar-refractivity contribution in [3.63, 3.8) is 0 Å². The number of aryl methyl sites for hydroxylation is 2. The van der Waals surface area contributed by atoms with E-state index in [9.17, 15) is 4.79 Å². The van der Waals surface area contributed by atoms with Crippen LogP contribution in [0.1, 0.15) is 13.3 Å². The summed E-state index contributed by atoms with van der Waals surface area (Å²) in [4.78, 5) is 30.7. The highest BCUT2D eigenvalue weighted by atomic mass is 32.1. The number of likely N-dealkylation sites (N-methyl/N-ethyl adjacent to an activating group) is 1. The fourth-order valence-electron chi connectivity index (χ4n) is 3.98. The molecule has 1 unspecified atom stereocenters. The van der Waals surface area contributed by atoms with Crippen LogP contribution in [0.25, 0.3) is 22.1 Å². The second-order valence-electron chi connectivity index (χ2n) is 7.47. The Morgan fingerprint density at radius 3 is 2.65 bits per heavy atom. The summed E-state index contributed by atoms with van der Waals surface area (Å²) in [6.07, 6.45) is 7.99. The van der Waals surface area contributed by atoms with Crippen molar-refractivity contribution in [2.75, 3.05) is 16.8 Å². The van der Waals surface area contributed by atoms with E-state index in [0.717, 1.165) is 16.3 Å². The maximum Gasteiger partial charge on any atom is 0.250 e. The zero-order valence-corrected chi connectivity index (χ0v) is 18.5. The van der Waals surface area contributed by atoms with Crippen LogP contribution in [0.2, 0.25) is 0 Å². The quantitative estimate of drug-likeness (QED) is 0.490. The lowest BCUT2D eigenvalue weighted by molar-refractivity contribution is -0.119. The van der Waals surface area contributed by atoms with E-state index < -0.39 is 0 Å². The summed E-state index contributed by atoms with van der Waals surface area (Å²) in [5, 5.41) is 7.41. The molecule has 0 fully saturated rings. The van der Waals surface area contributed by atoms with Gasteiger partial charge < -0.3 is 9.47 Å². The van der Waals surface area contributed by atoms with Gasteiger partial charge in [0.05, 0.1) is 11.9 Å². The van der Waals surface area contributed by atoms with E-state index in [2.05, 4.69) is 15.1 Å². The van der Waals surface area contributed by atoms with Crippen LogP contribution in [0.4, 0.5) is 17.3 Å². The van der Waals surface area contributed by atoms with Gasteiger partial charge >= 0.3 is 0 Å². The molecule has 0 aromatic carbocycles. The van der Waals surface area contributed by atoms with Gasteiger partial charge in [-0.1, -0.05) is 6.92 Å². The number of carbonyl (C=O) groups is 1. The molecule has 0 saturated heterocycles. The average Bonchev–Trinajstić information content (AvgIpc) is 3.51. The predicted molar refractivity (Wildman–Crippen MR) is 120 cm³/mol. The number of aromatic nitrogens is 6. The van der Waals surface area contributed by atoms with Crippen LogP contribution in [-0.2, 0) is 18.9 Å². The molecular weight excluding hydrogens is 412 g/mol. The normalized spacial score (nSPS) is 16.1. The highest BCUT2D eigenvalue weighted by molar-refractivity contribution is 7.13. The summed E-state index contributed by atoms with van der Waals surface area (Å²) in [6.45, 7) is 2.00. The standard InChI is InChI=1S/C21H22N8OS/c1-5-14-21(30)28(4)15-12-23-18(24-19(15)29(14)16-7-10-27(3)25-16)13-6-9-26(2)17(13)20-22-8-11-31-20/h6-12,14H,5H2,1-4H3. The zero-order valence-electron chi connectivity index (χ0n) is 17.7. The Kier molecular flexibility index (Phi) is 4.58. The molecule has 4 aromatic heterocycles. The van der Waals surface area contributed by atoms with Crippen LogP contribution < -0.4 is 9.80 Å². The summed E-state index contributed by atoms with van der Waals surface area (Å²) >= 11 is 1.57. The molecule has 9 nitrogen and oxygen atoms in total. The van der Waals surface area contributed by atoms with Gasteiger partial charge in [-0.25, -0.2) is 15.0 Å². The largest absolute Gasteiger partial charge is 0.348 e. The molecule has 0 radical (unpaired) electrons. The first kappa shape index (κ1) is 19.4. The number of fused-ring (bicyclic) bond motifs is 1. The van der Waals surface area contributed by atoms with Crippen molar-refractivity contribution in [1.29, 1.82) is 0 Å². The van der Waals surface area contributed by atoms with E-state index in [-0.39, 0.29) is 11.9 Å². The van der Waals surface area contributed by atoms with Crippen molar-refractivity contribution >= 4 is 34.6 Å². The summed E-state index contributed by atoms with van der Waals surface area (Å²) in [5.41, 5.74) is 2.52. The molecule has 1 aliphatic heterocycles. The fraction of sp³-hybridized carbons (Fsp3) is 0.286. The number of rotatable bonds is 4. The summed E-state index contributed by atoms with van der Waals surface area (Å²) in [5.74, 6) is 1.95. The molecule has 0 bridgehead atoms. The van der Waals surface area contributed by atoms with Crippen molar-refractivity contribution < 1.29 is 4.79 Å². The minimum atomic E-state index is -0.385.